The highest BCUT2D eigenvalue weighted by Gasteiger charge is 2.66. The maximum Gasteiger partial charge on any atom is 0.264 e. The lowest BCUT2D eigenvalue weighted by molar-refractivity contribution is -0.145. The molecule has 1 fully saturated rings. The first-order valence-corrected chi connectivity index (χ1v) is 14.0. The second kappa shape index (κ2) is 8.23. The zero-order valence-corrected chi connectivity index (χ0v) is 20.3. The quantitative estimate of drug-likeness (QED) is 0.351. The fourth-order valence-corrected chi connectivity index (χ4v) is 8.01. The number of carbonyl (C=O) groups is 2. The molecule has 9 heteroatoms. The summed E-state index contributed by atoms with van der Waals surface area (Å²) in [6.45, 7) is 4.95. The maximum absolute atomic E-state index is 15.4. The Hall–Kier alpha value is -2.75. The lowest BCUT2D eigenvalue weighted by Crippen LogP contribution is -2.44. The van der Waals surface area contributed by atoms with Crippen LogP contribution in [0.3, 0.4) is 0 Å². The Bertz CT molecular complexity index is 1090. The van der Waals surface area contributed by atoms with E-state index >= 15 is 4.11 Å². The third-order valence-electron chi connectivity index (χ3n) is 6.94. The summed E-state index contributed by atoms with van der Waals surface area (Å²) < 4.78 is 21.8. The Morgan fingerprint density at radius 3 is 2.55 bits per heavy atom. The normalized spacial score (nSPS) is 26.7. The molecule has 2 heterocycles. The molecule has 1 spiro atoms. The van der Waals surface area contributed by atoms with E-state index in [9.17, 15) is 14.7 Å². The van der Waals surface area contributed by atoms with Gasteiger partial charge in [-0.1, -0.05) is 6.92 Å². The van der Waals surface area contributed by atoms with Gasteiger partial charge < -0.3 is 29.9 Å². The minimum atomic E-state index is -3.23. The van der Waals surface area contributed by atoms with Crippen LogP contribution in [-0.4, -0.2) is 45.1 Å². The average molecular weight is 472 g/mol. The van der Waals surface area contributed by atoms with Crippen molar-refractivity contribution in [1.82, 2.24) is 0 Å². The third kappa shape index (κ3) is 3.73. The molecule has 0 unspecified atom stereocenters. The SMILES string of the molecule is C[C@@H]1[C@@H]([Si](C)(C)F)[C@H](CCO)O[C@@]12C(=O)N(C)c1ccc(NC(=O)c3ccc(N)cc3)cc12. The predicted octanol–water partition coefficient (Wildman–Crippen LogP) is 3.65. The number of hydrogen-bond acceptors (Lipinski definition) is 5. The molecule has 4 rings (SSSR count). The van der Waals surface area contributed by atoms with Crippen LogP contribution in [0.25, 0.3) is 0 Å². The Kier molecular flexibility index (Phi) is 5.84. The lowest BCUT2D eigenvalue weighted by Gasteiger charge is -2.31. The van der Waals surface area contributed by atoms with Crippen LogP contribution >= 0.6 is 0 Å². The summed E-state index contributed by atoms with van der Waals surface area (Å²) in [7, 11) is -1.56. The van der Waals surface area contributed by atoms with Crippen LogP contribution in [-0.2, 0) is 15.1 Å². The number of aliphatic hydroxyl groups excluding tert-OH is 1. The van der Waals surface area contributed by atoms with Gasteiger partial charge in [0, 0.05) is 47.6 Å². The second-order valence-corrected chi connectivity index (χ2v) is 13.3. The number of nitrogens with one attached hydrogen (secondary N) is 1. The summed E-state index contributed by atoms with van der Waals surface area (Å²) in [4.78, 5) is 27.8. The molecule has 33 heavy (non-hydrogen) atoms. The van der Waals surface area contributed by atoms with Crippen LogP contribution in [0.1, 0.15) is 29.3 Å². The van der Waals surface area contributed by atoms with E-state index in [0.717, 1.165) is 0 Å². The summed E-state index contributed by atoms with van der Waals surface area (Å²) >= 11 is 0. The molecule has 0 radical (unpaired) electrons. The highest BCUT2D eigenvalue weighted by Crippen LogP contribution is 2.60. The predicted molar refractivity (Wildman–Crippen MR) is 128 cm³/mol. The van der Waals surface area contributed by atoms with E-state index in [0.29, 0.717) is 28.2 Å². The number of ether oxygens (including phenoxy) is 1. The van der Waals surface area contributed by atoms with Gasteiger partial charge in [-0.05, 0) is 62.0 Å². The summed E-state index contributed by atoms with van der Waals surface area (Å²) in [5.74, 6) is -0.994. The number of halogens is 1. The van der Waals surface area contributed by atoms with E-state index in [4.69, 9.17) is 10.5 Å². The van der Waals surface area contributed by atoms with Crippen molar-refractivity contribution in [2.75, 3.05) is 29.6 Å². The summed E-state index contributed by atoms with van der Waals surface area (Å²) in [5, 5.41) is 12.4. The molecule has 2 aromatic rings. The minimum absolute atomic E-state index is 0.150. The van der Waals surface area contributed by atoms with Crippen molar-refractivity contribution in [3.8, 4) is 0 Å². The molecule has 2 aliphatic rings. The lowest BCUT2D eigenvalue weighted by atomic mass is 9.82. The Balaban J connectivity index is 1.74. The molecule has 2 amide bonds. The van der Waals surface area contributed by atoms with E-state index in [2.05, 4.69) is 5.32 Å². The average Bonchev–Trinajstić information content (AvgIpc) is 3.16. The largest absolute Gasteiger partial charge is 0.399 e. The summed E-state index contributed by atoms with van der Waals surface area (Å²) in [5.41, 5.74) is 6.68. The molecule has 1 saturated heterocycles. The van der Waals surface area contributed by atoms with Crippen molar-refractivity contribution in [2.45, 2.75) is 43.7 Å². The molecule has 0 aromatic heterocycles. The molecule has 4 atom stereocenters. The first kappa shape index (κ1) is 23.4. The number of amides is 2. The second-order valence-electron chi connectivity index (χ2n) is 9.46. The number of anilines is 3. The molecule has 2 aromatic carbocycles. The standard InChI is InChI=1S/C24H30FN3O4Si/c1-14-21(33(3,4)25)20(11-12-29)32-24(14)18-13-17(9-10-19(18)28(2)23(24)31)27-22(30)15-5-7-16(26)8-6-15/h5-10,13-14,20-21,29H,11-12,26H2,1-4H3,(H,27,30)/t14-,20+,21-,24+/m1/s1. The van der Waals surface area contributed by atoms with Gasteiger partial charge in [-0.15, -0.1) is 0 Å². The fourth-order valence-electron chi connectivity index (χ4n) is 5.47. The van der Waals surface area contributed by atoms with Crippen molar-refractivity contribution in [3.63, 3.8) is 0 Å². The number of fused-ring (bicyclic) bond motifs is 2. The summed E-state index contributed by atoms with van der Waals surface area (Å²) in [6, 6.07) is 11.8. The molecule has 0 bridgehead atoms. The van der Waals surface area contributed by atoms with Gasteiger partial charge in [-0.2, -0.15) is 0 Å². The molecule has 0 saturated carbocycles. The van der Waals surface area contributed by atoms with Gasteiger partial charge in [0.05, 0.1) is 11.8 Å². The first-order chi connectivity index (χ1) is 15.5. The van der Waals surface area contributed by atoms with E-state index in [1.165, 1.54) is 4.90 Å². The van der Waals surface area contributed by atoms with Crippen LogP contribution in [0, 0.1) is 5.92 Å². The zero-order chi connectivity index (χ0) is 24.1. The van der Waals surface area contributed by atoms with Crippen LogP contribution in [0.15, 0.2) is 42.5 Å². The van der Waals surface area contributed by atoms with Crippen LogP contribution in [0.4, 0.5) is 21.2 Å². The van der Waals surface area contributed by atoms with Crippen molar-refractivity contribution >= 4 is 37.3 Å². The molecular formula is C24H30FN3O4Si. The molecule has 2 aliphatic heterocycles. The van der Waals surface area contributed by atoms with E-state index in [1.807, 2.05) is 6.92 Å². The zero-order valence-electron chi connectivity index (χ0n) is 19.3. The van der Waals surface area contributed by atoms with Gasteiger partial charge in [0.2, 0.25) is 8.41 Å². The number of rotatable bonds is 5. The minimum Gasteiger partial charge on any atom is -0.399 e. The summed E-state index contributed by atoms with van der Waals surface area (Å²) in [6.07, 6.45) is -0.301. The van der Waals surface area contributed by atoms with E-state index in [-0.39, 0.29) is 24.8 Å². The highest BCUT2D eigenvalue weighted by molar-refractivity contribution is 6.72. The van der Waals surface area contributed by atoms with Gasteiger partial charge >= 0.3 is 0 Å². The first-order valence-electron chi connectivity index (χ1n) is 11.1. The number of aliphatic hydroxyl groups is 1. The van der Waals surface area contributed by atoms with Crippen LogP contribution < -0.4 is 16.0 Å². The molecule has 176 valence electrons. The van der Waals surface area contributed by atoms with Gasteiger partial charge in [0.15, 0.2) is 5.60 Å². The molecule has 4 N–H and O–H groups in total. The van der Waals surface area contributed by atoms with Crippen LogP contribution in [0.2, 0.25) is 18.6 Å². The van der Waals surface area contributed by atoms with Gasteiger partial charge in [0.1, 0.15) is 0 Å². The van der Waals surface area contributed by atoms with Crippen molar-refractivity contribution in [1.29, 1.82) is 0 Å². The van der Waals surface area contributed by atoms with Crippen molar-refractivity contribution < 1.29 is 23.5 Å². The van der Waals surface area contributed by atoms with Gasteiger partial charge in [0.25, 0.3) is 11.8 Å². The Morgan fingerprint density at radius 1 is 1.27 bits per heavy atom. The molecule has 7 nitrogen and oxygen atoms in total. The maximum atomic E-state index is 15.4. The van der Waals surface area contributed by atoms with Crippen molar-refractivity contribution in [3.05, 3.63) is 53.6 Å². The number of benzene rings is 2. The van der Waals surface area contributed by atoms with E-state index < -0.39 is 31.6 Å². The van der Waals surface area contributed by atoms with Crippen LogP contribution in [0.5, 0.6) is 0 Å². The highest BCUT2D eigenvalue weighted by atomic mass is 28.4. The number of nitrogen functional groups attached to an aromatic ring is 1. The number of carbonyl (C=O) groups excluding carboxylic acids is 2. The topological polar surface area (TPSA) is 105 Å². The third-order valence-corrected chi connectivity index (χ3v) is 9.39. The Labute approximate surface area is 193 Å². The number of nitrogens with zero attached hydrogens (tertiary/aromatic N) is 1. The van der Waals surface area contributed by atoms with Gasteiger partial charge in [-0.3, -0.25) is 9.59 Å². The van der Waals surface area contributed by atoms with E-state index in [1.54, 1.807) is 62.6 Å². The number of hydrogen-bond donors (Lipinski definition) is 3. The molecule has 0 aliphatic carbocycles. The molecular weight excluding hydrogens is 441 g/mol. The fraction of sp³-hybridized carbons (Fsp3) is 0.417. The van der Waals surface area contributed by atoms with Crippen molar-refractivity contribution in [2.24, 2.45) is 5.92 Å². The monoisotopic (exact) mass is 471 g/mol. The van der Waals surface area contributed by atoms with Gasteiger partial charge in [-0.25, -0.2) is 0 Å². The number of nitrogens with two attached hydrogens (primary N) is 1. The Morgan fingerprint density at radius 2 is 1.94 bits per heavy atom. The smallest absolute Gasteiger partial charge is 0.264 e. The number of likely N-dealkylation sites (N-methyl/N-ethyl adjacent to an activating group) is 1.